The highest BCUT2D eigenvalue weighted by atomic mass is 31.0. The van der Waals surface area contributed by atoms with Crippen molar-refractivity contribution in [2.75, 3.05) is 13.7 Å². The Labute approximate surface area is 56.3 Å². The molecule has 4 heteroatoms. The molecule has 3 nitrogen and oxygen atoms in total. The molecule has 0 rings (SSSR count). The number of ether oxygens (including phenoxy) is 1. The second kappa shape index (κ2) is 4.48. The van der Waals surface area contributed by atoms with E-state index in [4.69, 9.17) is 0 Å². The van der Waals surface area contributed by atoms with E-state index in [2.05, 4.69) is 15.8 Å². The zero-order chi connectivity index (χ0) is 7.28. The van der Waals surface area contributed by atoms with Crippen LogP contribution in [0, 0.1) is 0 Å². The Kier molecular flexibility index (Phi) is 4.28. The molecular formula is C5H9O3P. The summed E-state index contributed by atoms with van der Waals surface area (Å²) >= 11 is 0. The SMILES string of the molecule is C=C(COC)C(=O)OP. The molecule has 0 saturated carbocycles. The normalized spacial score (nSPS) is 8.67. The Balaban J connectivity index is 3.60. The van der Waals surface area contributed by atoms with E-state index in [-0.39, 0.29) is 6.61 Å². The summed E-state index contributed by atoms with van der Waals surface area (Å²) in [6, 6.07) is 0. The summed E-state index contributed by atoms with van der Waals surface area (Å²) in [5.41, 5.74) is 0.312. The summed E-state index contributed by atoms with van der Waals surface area (Å²) in [7, 11) is 3.33. The maximum atomic E-state index is 10.5. The van der Waals surface area contributed by atoms with Crippen LogP contribution in [0.25, 0.3) is 0 Å². The molecule has 1 atom stereocenters. The lowest BCUT2D eigenvalue weighted by Gasteiger charge is -1.99. The Morgan fingerprint density at radius 2 is 2.33 bits per heavy atom. The Morgan fingerprint density at radius 1 is 1.78 bits per heavy atom. The van der Waals surface area contributed by atoms with Crippen molar-refractivity contribution in [3.8, 4) is 0 Å². The summed E-state index contributed by atoms with van der Waals surface area (Å²) < 4.78 is 8.88. The number of methoxy groups -OCH3 is 1. The number of hydrogen-bond acceptors (Lipinski definition) is 3. The third-order valence-corrected chi connectivity index (χ3v) is 0.928. The summed E-state index contributed by atoms with van der Waals surface area (Å²) in [6.07, 6.45) is 0. The average molecular weight is 148 g/mol. The standard InChI is InChI=1S/C5H9O3P/c1-4(3-7-2)5(6)8-9/h1,3,9H2,2H3. The van der Waals surface area contributed by atoms with E-state index in [9.17, 15) is 4.79 Å². The van der Waals surface area contributed by atoms with Gasteiger partial charge in [0.2, 0.25) is 0 Å². The molecule has 0 amide bonds. The van der Waals surface area contributed by atoms with E-state index in [0.717, 1.165) is 0 Å². The van der Waals surface area contributed by atoms with E-state index in [1.807, 2.05) is 9.47 Å². The van der Waals surface area contributed by atoms with Crippen LogP contribution in [0.2, 0.25) is 0 Å². The van der Waals surface area contributed by atoms with Crippen LogP contribution < -0.4 is 0 Å². The predicted octanol–water partition coefficient (Wildman–Crippen LogP) is 0.522. The van der Waals surface area contributed by atoms with E-state index >= 15 is 0 Å². The van der Waals surface area contributed by atoms with Gasteiger partial charge in [-0.3, -0.25) is 0 Å². The summed E-state index contributed by atoms with van der Waals surface area (Å²) in [5.74, 6) is -0.457. The van der Waals surface area contributed by atoms with Gasteiger partial charge in [-0.1, -0.05) is 6.58 Å². The van der Waals surface area contributed by atoms with Gasteiger partial charge in [-0.05, 0) is 0 Å². The van der Waals surface area contributed by atoms with E-state index < -0.39 is 5.97 Å². The summed E-state index contributed by atoms with van der Waals surface area (Å²) in [6.45, 7) is 3.62. The highest BCUT2D eigenvalue weighted by Crippen LogP contribution is 1.97. The van der Waals surface area contributed by atoms with Crippen LogP contribution in [0.15, 0.2) is 12.2 Å². The fourth-order valence-electron chi connectivity index (χ4n) is 0.316. The van der Waals surface area contributed by atoms with Gasteiger partial charge in [0.05, 0.1) is 21.6 Å². The minimum atomic E-state index is -0.457. The van der Waals surface area contributed by atoms with Crippen molar-refractivity contribution < 1.29 is 14.1 Å². The number of carbonyl (C=O) groups excluding carboxylic acids is 1. The first-order valence-electron chi connectivity index (χ1n) is 2.30. The fraction of sp³-hybridized carbons (Fsp3) is 0.400. The molecule has 0 aromatic carbocycles. The first-order chi connectivity index (χ1) is 4.22. The van der Waals surface area contributed by atoms with Crippen LogP contribution in [0.4, 0.5) is 0 Å². The average Bonchev–Trinajstić information content (AvgIpc) is 1.87. The van der Waals surface area contributed by atoms with Gasteiger partial charge in [-0.2, -0.15) is 0 Å². The monoisotopic (exact) mass is 148 g/mol. The number of hydrogen-bond donors (Lipinski definition) is 0. The van der Waals surface area contributed by atoms with Gasteiger partial charge >= 0.3 is 5.97 Å². The second-order valence-corrected chi connectivity index (χ2v) is 1.68. The van der Waals surface area contributed by atoms with Crippen LogP contribution in [0.1, 0.15) is 0 Å². The number of carbonyl (C=O) groups is 1. The quantitative estimate of drug-likeness (QED) is 0.432. The Hall–Kier alpha value is -0.400. The second-order valence-electron chi connectivity index (χ2n) is 1.44. The van der Waals surface area contributed by atoms with Gasteiger partial charge < -0.3 is 9.26 Å². The van der Waals surface area contributed by atoms with Crippen molar-refractivity contribution >= 4 is 15.4 Å². The molecule has 0 radical (unpaired) electrons. The van der Waals surface area contributed by atoms with E-state index in [1.54, 1.807) is 0 Å². The van der Waals surface area contributed by atoms with Gasteiger partial charge in [0.15, 0.2) is 0 Å². The molecule has 0 heterocycles. The van der Waals surface area contributed by atoms with Crippen molar-refractivity contribution in [2.45, 2.75) is 0 Å². The van der Waals surface area contributed by atoms with Crippen LogP contribution >= 0.6 is 9.47 Å². The van der Waals surface area contributed by atoms with Crippen molar-refractivity contribution in [3.05, 3.63) is 12.2 Å². The van der Waals surface area contributed by atoms with Crippen molar-refractivity contribution in [2.24, 2.45) is 0 Å². The third kappa shape index (κ3) is 3.22. The van der Waals surface area contributed by atoms with E-state index in [0.29, 0.717) is 5.57 Å². The summed E-state index contributed by atoms with van der Waals surface area (Å²) in [5, 5.41) is 0. The van der Waals surface area contributed by atoms with Crippen molar-refractivity contribution in [1.82, 2.24) is 0 Å². The lowest BCUT2D eigenvalue weighted by Crippen LogP contribution is -2.05. The van der Waals surface area contributed by atoms with Gasteiger partial charge in [-0.15, -0.1) is 0 Å². The molecule has 0 N–H and O–H groups in total. The molecule has 0 fully saturated rings. The molecule has 0 aliphatic heterocycles. The molecule has 0 spiro atoms. The van der Waals surface area contributed by atoms with Crippen molar-refractivity contribution in [3.63, 3.8) is 0 Å². The molecule has 1 unspecified atom stereocenters. The zero-order valence-electron chi connectivity index (χ0n) is 5.22. The first-order valence-corrected chi connectivity index (χ1v) is 2.77. The maximum absolute atomic E-state index is 10.5. The minimum Gasteiger partial charge on any atom is -0.448 e. The molecule has 0 saturated heterocycles. The van der Waals surface area contributed by atoms with Gasteiger partial charge in [0.25, 0.3) is 0 Å². The molecular weight excluding hydrogens is 139 g/mol. The third-order valence-electron chi connectivity index (χ3n) is 0.714. The predicted molar refractivity (Wildman–Crippen MR) is 36.8 cm³/mol. The minimum absolute atomic E-state index is 0.216. The van der Waals surface area contributed by atoms with Gasteiger partial charge in [0.1, 0.15) is 0 Å². The lowest BCUT2D eigenvalue weighted by molar-refractivity contribution is -0.129. The van der Waals surface area contributed by atoms with Gasteiger partial charge in [0, 0.05) is 7.11 Å². The largest absolute Gasteiger partial charge is 0.448 e. The Bertz CT molecular complexity index is 121. The highest BCUT2D eigenvalue weighted by Gasteiger charge is 2.03. The molecule has 0 bridgehead atoms. The zero-order valence-corrected chi connectivity index (χ0v) is 6.37. The molecule has 0 aliphatic rings. The Morgan fingerprint density at radius 3 is 2.67 bits per heavy atom. The molecule has 52 valence electrons. The van der Waals surface area contributed by atoms with Crippen LogP contribution in [-0.4, -0.2) is 19.7 Å². The number of rotatable bonds is 3. The highest BCUT2D eigenvalue weighted by molar-refractivity contribution is 7.10. The summed E-state index contributed by atoms with van der Waals surface area (Å²) in [4.78, 5) is 10.5. The molecule has 0 aliphatic carbocycles. The molecule has 0 aromatic heterocycles. The van der Waals surface area contributed by atoms with E-state index in [1.165, 1.54) is 7.11 Å². The fourth-order valence-corrected chi connectivity index (χ4v) is 0.483. The topological polar surface area (TPSA) is 35.5 Å². The van der Waals surface area contributed by atoms with Gasteiger partial charge in [-0.25, -0.2) is 4.79 Å². The van der Waals surface area contributed by atoms with Crippen LogP contribution in [0.3, 0.4) is 0 Å². The smallest absolute Gasteiger partial charge is 0.337 e. The van der Waals surface area contributed by atoms with Crippen LogP contribution in [-0.2, 0) is 14.1 Å². The van der Waals surface area contributed by atoms with Crippen molar-refractivity contribution in [1.29, 1.82) is 0 Å². The van der Waals surface area contributed by atoms with Crippen LogP contribution in [0.5, 0.6) is 0 Å². The maximum Gasteiger partial charge on any atom is 0.337 e. The molecule has 0 aromatic rings. The first kappa shape index (κ1) is 8.60. The molecule has 9 heavy (non-hydrogen) atoms. The lowest BCUT2D eigenvalue weighted by atomic mass is 10.3.